The number of aliphatic hydroxyl groups is 1. The predicted octanol–water partition coefficient (Wildman–Crippen LogP) is 0.524. The number of nitrogens with zero attached hydrogens (tertiary/aromatic N) is 1. The minimum atomic E-state index is -0.662. The molecule has 2 N–H and O–H groups in total. The van der Waals surface area contributed by atoms with Gasteiger partial charge >= 0.3 is 5.97 Å². The molecule has 102 valence electrons. The van der Waals surface area contributed by atoms with Crippen molar-refractivity contribution in [2.45, 2.75) is 6.42 Å². The summed E-state index contributed by atoms with van der Waals surface area (Å²) in [5, 5.41) is 19.2. The van der Waals surface area contributed by atoms with E-state index in [0.29, 0.717) is 6.54 Å². The van der Waals surface area contributed by atoms with Gasteiger partial charge in [0.1, 0.15) is 5.56 Å². The van der Waals surface area contributed by atoms with Gasteiger partial charge in [0.2, 0.25) is 5.91 Å². The highest BCUT2D eigenvalue weighted by molar-refractivity contribution is 6.01. The van der Waals surface area contributed by atoms with Crippen molar-refractivity contribution in [3.05, 3.63) is 23.8 Å². The van der Waals surface area contributed by atoms with Gasteiger partial charge in [-0.15, -0.1) is 0 Å². The lowest BCUT2D eigenvalue weighted by atomic mass is 10.1. The Kier molecular flexibility index (Phi) is 3.71. The van der Waals surface area contributed by atoms with Gasteiger partial charge in [0.15, 0.2) is 5.75 Å². The number of hydrogen-bond donors (Lipinski definition) is 2. The van der Waals surface area contributed by atoms with E-state index in [0.717, 1.165) is 0 Å². The summed E-state index contributed by atoms with van der Waals surface area (Å²) in [6, 6.07) is 4.55. The van der Waals surface area contributed by atoms with Crippen LogP contribution in [0.5, 0.6) is 5.75 Å². The summed E-state index contributed by atoms with van der Waals surface area (Å²) >= 11 is 0. The van der Waals surface area contributed by atoms with Crippen molar-refractivity contribution >= 4 is 17.6 Å². The number of phenolic OH excluding ortho intramolecular Hbond substituents is 1. The van der Waals surface area contributed by atoms with E-state index in [4.69, 9.17) is 5.11 Å². The number of hydrogen-bond acceptors (Lipinski definition) is 5. The lowest BCUT2D eigenvalue weighted by Crippen LogP contribution is -2.25. The molecule has 0 aromatic heterocycles. The zero-order valence-electron chi connectivity index (χ0n) is 10.5. The molecule has 1 amide bonds. The van der Waals surface area contributed by atoms with E-state index in [9.17, 15) is 14.7 Å². The van der Waals surface area contributed by atoms with Crippen molar-refractivity contribution < 1.29 is 24.5 Å². The molecule has 1 fully saturated rings. The Hall–Kier alpha value is -2.08. The van der Waals surface area contributed by atoms with Crippen LogP contribution in [0.4, 0.5) is 5.69 Å². The molecule has 0 spiro atoms. The third-order valence-electron chi connectivity index (χ3n) is 3.17. The number of anilines is 1. The maximum atomic E-state index is 11.8. The molecule has 0 aliphatic carbocycles. The Labute approximate surface area is 110 Å². The summed E-state index contributed by atoms with van der Waals surface area (Å²) in [6.45, 7) is 0.243. The Morgan fingerprint density at radius 3 is 2.84 bits per heavy atom. The SMILES string of the molecule is COC(=O)c1cccc(N2CC(CO)CC2=O)c1O. The quantitative estimate of drug-likeness (QED) is 0.778. The monoisotopic (exact) mass is 265 g/mol. The number of aromatic hydroxyl groups is 1. The zero-order chi connectivity index (χ0) is 14.0. The molecule has 1 saturated heterocycles. The molecule has 1 aromatic carbocycles. The Balaban J connectivity index is 2.36. The molecule has 2 rings (SSSR count). The number of carbonyl (C=O) groups excluding carboxylic acids is 2. The summed E-state index contributed by atoms with van der Waals surface area (Å²) in [7, 11) is 1.22. The fourth-order valence-electron chi connectivity index (χ4n) is 2.16. The van der Waals surface area contributed by atoms with Crippen LogP contribution in [0.3, 0.4) is 0 Å². The number of phenols is 1. The third kappa shape index (κ3) is 2.39. The van der Waals surface area contributed by atoms with Crippen LogP contribution in [0.25, 0.3) is 0 Å². The Bertz CT molecular complexity index is 514. The molecular weight excluding hydrogens is 250 g/mol. The number of esters is 1. The molecule has 1 heterocycles. The van der Waals surface area contributed by atoms with Gasteiger partial charge in [-0.25, -0.2) is 4.79 Å². The van der Waals surface area contributed by atoms with Gasteiger partial charge in [-0.1, -0.05) is 6.07 Å². The summed E-state index contributed by atoms with van der Waals surface area (Å²) in [5.41, 5.74) is 0.282. The van der Waals surface area contributed by atoms with E-state index in [1.807, 2.05) is 0 Å². The first-order valence-electron chi connectivity index (χ1n) is 5.90. The molecule has 1 aliphatic heterocycles. The normalized spacial score (nSPS) is 18.7. The average Bonchev–Trinajstić information content (AvgIpc) is 2.79. The maximum Gasteiger partial charge on any atom is 0.341 e. The second-order valence-corrected chi connectivity index (χ2v) is 4.42. The lowest BCUT2D eigenvalue weighted by molar-refractivity contribution is -0.117. The highest BCUT2D eigenvalue weighted by Crippen LogP contribution is 2.34. The van der Waals surface area contributed by atoms with Crippen LogP contribution in [0, 0.1) is 5.92 Å². The number of para-hydroxylation sites is 1. The number of aliphatic hydroxyl groups excluding tert-OH is 1. The van der Waals surface area contributed by atoms with E-state index >= 15 is 0 Å². The molecule has 6 nitrogen and oxygen atoms in total. The van der Waals surface area contributed by atoms with Crippen molar-refractivity contribution in [3.63, 3.8) is 0 Å². The number of carbonyl (C=O) groups is 2. The zero-order valence-corrected chi connectivity index (χ0v) is 10.5. The molecule has 19 heavy (non-hydrogen) atoms. The van der Waals surface area contributed by atoms with Crippen LogP contribution in [0.1, 0.15) is 16.8 Å². The van der Waals surface area contributed by atoms with Crippen molar-refractivity contribution in [2.75, 3.05) is 25.2 Å². The molecule has 0 radical (unpaired) electrons. The van der Waals surface area contributed by atoms with Crippen LogP contribution >= 0.6 is 0 Å². The first kappa shape index (κ1) is 13.4. The molecule has 0 bridgehead atoms. The first-order chi connectivity index (χ1) is 9.08. The summed E-state index contributed by atoms with van der Waals surface area (Å²) in [4.78, 5) is 24.7. The minimum absolute atomic E-state index is 0.0141. The number of methoxy groups -OCH3 is 1. The third-order valence-corrected chi connectivity index (χ3v) is 3.17. The first-order valence-corrected chi connectivity index (χ1v) is 5.90. The van der Waals surface area contributed by atoms with E-state index < -0.39 is 5.97 Å². The van der Waals surface area contributed by atoms with Gasteiger partial charge in [-0.3, -0.25) is 4.79 Å². The molecule has 6 heteroatoms. The second-order valence-electron chi connectivity index (χ2n) is 4.42. The lowest BCUT2D eigenvalue weighted by Gasteiger charge is -2.18. The number of amides is 1. The van der Waals surface area contributed by atoms with Gasteiger partial charge in [0, 0.05) is 25.5 Å². The van der Waals surface area contributed by atoms with Crippen LogP contribution in [0.15, 0.2) is 18.2 Å². The summed E-state index contributed by atoms with van der Waals surface area (Å²) in [5.74, 6) is -1.27. The topological polar surface area (TPSA) is 87.1 Å². The molecule has 1 aromatic rings. The van der Waals surface area contributed by atoms with Crippen molar-refractivity contribution in [2.24, 2.45) is 5.92 Å². The second kappa shape index (κ2) is 5.27. The average molecular weight is 265 g/mol. The van der Waals surface area contributed by atoms with Gasteiger partial charge < -0.3 is 19.8 Å². The predicted molar refractivity (Wildman–Crippen MR) is 67.0 cm³/mol. The molecular formula is C13H15NO5. The van der Waals surface area contributed by atoms with Gasteiger partial charge in [-0.2, -0.15) is 0 Å². The van der Waals surface area contributed by atoms with E-state index in [1.54, 1.807) is 12.1 Å². The van der Waals surface area contributed by atoms with Crippen LogP contribution in [-0.2, 0) is 9.53 Å². The van der Waals surface area contributed by atoms with Gasteiger partial charge in [-0.05, 0) is 12.1 Å². The summed E-state index contributed by atoms with van der Waals surface area (Å²) < 4.78 is 4.56. The van der Waals surface area contributed by atoms with E-state index in [1.165, 1.54) is 18.1 Å². The Morgan fingerprint density at radius 2 is 2.26 bits per heavy atom. The van der Waals surface area contributed by atoms with Crippen molar-refractivity contribution in [1.29, 1.82) is 0 Å². The number of rotatable bonds is 3. The fourth-order valence-corrected chi connectivity index (χ4v) is 2.16. The van der Waals surface area contributed by atoms with Crippen LogP contribution in [0.2, 0.25) is 0 Å². The van der Waals surface area contributed by atoms with Gasteiger partial charge in [0.05, 0.1) is 12.8 Å². The Morgan fingerprint density at radius 1 is 1.53 bits per heavy atom. The van der Waals surface area contributed by atoms with E-state index in [2.05, 4.69) is 4.74 Å². The molecule has 1 atom stereocenters. The van der Waals surface area contributed by atoms with Crippen LogP contribution < -0.4 is 4.90 Å². The number of benzene rings is 1. The van der Waals surface area contributed by atoms with Crippen molar-refractivity contribution in [3.8, 4) is 5.75 Å². The highest BCUT2D eigenvalue weighted by Gasteiger charge is 2.32. The summed E-state index contributed by atoms with van der Waals surface area (Å²) in [6.07, 6.45) is 0.235. The molecule has 1 unspecified atom stereocenters. The smallest absolute Gasteiger partial charge is 0.341 e. The van der Waals surface area contributed by atoms with Crippen molar-refractivity contribution in [1.82, 2.24) is 0 Å². The standard InChI is InChI=1S/C13H15NO5/c1-19-13(18)9-3-2-4-10(12(9)17)14-6-8(7-15)5-11(14)16/h2-4,8,15,17H,5-7H2,1H3. The highest BCUT2D eigenvalue weighted by atomic mass is 16.5. The largest absolute Gasteiger partial charge is 0.505 e. The molecule has 0 saturated carbocycles. The molecule has 1 aliphatic rings. The van der Waals surface area contributed by atoms with Gasteiger partial charge in [0.25, 0.3) is 0 Å². The van der Waals surface area contributed by atoms with E-state index in [-0.39, 0.29) is 41.9 Å². The maximum absolute atomic E-state index is 11.8. The number of ether oxygens (including phenoxy) is 1. The minimum Gasteiger partial charge on any atom is -0.505 e. The fraction of sp³-hybridized carbons (Fsp3) is 0.385. The van der Waals surface area contributed by atoms with Crippen LogP contribution in [-0.4, -0.2) is 42.4 Å².